The topological polar surface area (TPSA) is 108 Å². The normalized spacial score (nSPS) is 10.2. The van der Waals surface area contributed by atoms with Gasteiger partial charge in [-0.3, -0.25) is 9.59 Å². The van der Waals surface area contributed by atoms with E-state index in [0.717, 1.165) is 5.56 Å². The molecule has 3 rings (SSSR count). The summed E-state index contributed by atoms with van der Waals surface area (Å²) >= 11 is 0. The van der Waals surface area contributed by atoms with Gasteiger partial charge in [-0.05, 0) is 30.3 Å². The molecule has 3 aromatic rings. The maximum Gasteiger partial charge on any atom is 0.255 e. The van der Waals surface area contributed by atoms with E-state index in [9.17, 15) is 19.5 Å². The van der Waals surface area contributed by atoms with Crippen molar-refractivity contribution in [2.24, 2.45) is 0 Å². The van der Waals surface area contributed by atoms with Crippen LogP contribution in [-0.2, 0) is 11.2 Å². The number of carbonyl (C=O) groups excluding carboxylic acids is 3. The lowest BCUT2D eigenvalue weighted by atomic mass is 10.1. The third-order valence-electron chi connectivity index (χ3n) is 4.35. The molecule has 152 valence electrons. The van der Waals surface area contributed by atoms with Gasteiger partial charge >= 0.3 is 0 Å². The van der Waals surface area contributed by atoms with Crippen LogP contribution in [0.2, 0.25) is 0 Å². The van der Waals surface area contributed by atoms with E-state index >= 15 is 0 Å². The molecule has 7 heteroatoms. The fourth-order valence-electron chi connectivity index (χ4n) is 2.93. The second-order valence-corrected chi connectivity index (χ2v) is 6.40. The number of nitrogens with one attached hydrogen (secondary N) is 2. The molecular weight excluding hydrogens is 384 g/mol. The third-order valence-corrected chi connectivity index (χ3v) is 4.35. The Balaban J connectivity index is 1.71. The Morgan fingerprint density at radius 1 is 0.900 bits per heavy atom. The highest BCUT2D eigenvalue weighted by Crippen LogP contribution is 2.20. The van der Waals surface area contributed by atoms with Crippen LogP contribution in [-0.4, -0.2) is 24.9 Å². The average Bonchev–Trinajstić information content (AvgIpc) is 2.74. The highest BCUT2D eigenvalue weighted by atomic mass is 16.5. The molecule has 0 radical (unpaired) electrons. The van der Waals surface area contributed by atoms with Crippen molar-refractivity contribution in [1.82, 2.24) is 0 Å². The fraction of sp³-hybridized carbons (Fsp3) is 0.0870. The lowest BCUT2D eigenvalue weighted by molar-refractivity contribution is -0.254. The molecule has 2 N–H and O–H groups in total. The standard InChI is InChI=1S/C23H20N2O5/c1-30-20-12-5-2-7-15(20)14-21(26)24-17-9-6-8-16(13-17)22(27)25-19-11-4-3-10-18(19)23(28)29/h2-13H,14H2,1H3,(H,24,26)(H,25,27)(H,28,29)/p-1. The summed E-state index contributed by atoms with van der Waals surface area (Å²) in [5, 5.41) is 16.5. The molecule has 0 aromatic heterocycles. The summed E-state index contributed by atoms with van der Waals surface area (Å²) in [6.45, 7) is 0. The molecule has 3 aromatic carbocycles. The number of carboxylic acids is 1. The van der Waals surface area contributed by atoms with Gasteiger partial charge in [0.1, 0.15) is 5.75 Å². The molecule has 0 bridgehead atoms. The second-order valence-electron chi connectivity index (χ2n) is 6.40. The Hall–Kier alpha value is -4.13. The number of benzene rings is 3. The Bertz CT molecular complexity index is 1090. The van der Waals surface area contributed by atoms with Gasteiger partial charge in [-0.1, -0.05) is 42.5 Å². The van der Waals surface area contributed by atoms with Crippen molar-refractivity contribution in [2.75, 3.05) is 17.7 Å². The van der Waals surface area contributed by atoms with E-state index in [-0.39, 0.29) is 29.1 Å². The summed E-state index contributed by atoms with van der Waals surface area (Å²) in [5.41, 5.74) is 1.46. The average molecular weight is 403 g/mol. The Morgan fingerprint density at radius 3 is 2.40 bits per heavy atom. The van der Waals surface area contributed by atoms with Crippen LogP contribution in [0.25, 0.3) is 0 Å². The van der Waals surface area contributed by atoms with Crippen molar-refractivity contribution in [2.45, 2.75) is 6.42 Å². The summed E-state index contributed by atoms with van der Waals surface area (Å²) < 4.78 is 5.25. The van der Waals surface area contributed by atoms with Crippen molar-refractivity contribution in [3.8, 4) is 5.75 Å². The first kappa shape index (κ1) is 20.6. The number of aromatic carboxylic acids is 1. The number of methoxy groups -OCH3 is 1. The summed E-state index contributed by atoms with van der Waals surface area (Å²) in [7, 11) is 1.54. The Labute approximate surface area is 173 Å². The third kappa shape index (κ3) is 5.02. The van der Waals surface area contributed by atoms with Gasteiger partial charge in [-0.15, -0.1) is 0 Å². The van der Waals surface area contributed by atoms with Crippen LogP contribution in [0.3, 0.4) is 0 Å². The van der Waals surface area contributed by atoms with E-state index in [1.807, 2.05) is 12.1 Å². The molecule has 0 heterocycles. The second kappa shape index (κ2) is 9.38. The number of carboxylic acid groups (broad SMARTS) is 1. The molecule has 7 nitrogen and oxygen atoms in total. The van der Waals surface area contributed by atoms with E-state index in [2.05, 4.69) is 10.6 Å². The molecule has 0 atom stereocenters. The molecule has 0 aliphatic heterocycles. The number of hydrogen-bond acceptors (Lipinski definition) is 5. The lowest BCUT2D eigenvalue weighted by Crippen LogP contribution is -2.24. The molecule has 0 aliphatic rings. The number of rotatable bonds is 7. The van der Waals surface area contributed by atoms with Gasteiger partial charge in [0.25, 0.3) is 5.91 Å². The summed E-state index contributed by atoms with van der Waals surface area (Å²) in [4.78, 5) is 36.1. The maximum absolute atomic E-state index is 12.5. The number of ether oxygens (including phenoxy) is 1. The summed E-state index contributed by atoms with van der Waals surface area (Å²) in [6.07, 6.45) is 0.111. The van der Waals surface area contributed by atoms with Crippen molar-refractivity contribution in [1.29, 1.82) is 0 Å². The minimum atomic E-state index is -1.39. The molecule has 0 saturated carbocycles. The quantitative estimate of drug-likeness (QED) is 0.630. The van der Waals surface area contributed by atoms with Crippen LogP contribution in [0.5, 0.6) is 5.75 Å². The van der Waals surface area contributed by atoms with E-state index < -0.39 is 11.9 Å². The van der Waals surface area contributed by atoms with Crippen molar-refractivity contribution < 1.29 is 24.2 Å². The molecule has 0 fully saturated rings. The van der Waals surface area contributed by atoms with Crippen LogP contribution in [0, 0.1) is 0 Å². The minimum Gasteiger partial charge on any atom is -0.545 e. The highest BCUT2D eigenvalue weighted by molar-refractivity contribution is 6.08. The van der Waals surface area contributed by atoms with E-state index in [1.54, 1.807) is 42.5 Å². The molecule has 30 heavy (non-hydrogen) atoms. The molecule has 0 spiro atoms. The summed E-state index contributed by atoms with van der Waals surface area (Å²) in [6, 6.07) is 19.5. The number of para-hydroxylation sites is 2. The first-order chi connectivity index (χ1) is 14.5. The van der Waals surface area contributed by atoms with Gasteiger partial charge < -0.3 is 25.3 Å². The van der Waals surface area contributed by atoms with Gasteiger partial charge in [0.15, 0.2) is 0 Å². The van der Waals surface area contributed by atoms with E-state index in [4.69, 9.17) is 4.74 Å². The zero-order valence-corrected chi connectivity index (χ0v) is 16.2. The number of carbonyl (C=O) groups is 3. The highest BCUT2D eigenvalue weighted by Gasteiger charge is 2.12. The van der Waals surface area contributed by atoms with Crippen LogP contribution in [0.4, 0.5) is 11.4 Å². The largest absolute Gasteiger partial charge is 0.545 e. The van der Waals surface area contributed by atoms with E-state index in [1.165, 1.54) is 25.3 Å². The van der Waals surface area contributed by atoms with Crippen molar-refractivity contribution in [3.05, 3.63) is 89.5 Å². The predicted molar refractivity (Wildman–Crippen MR) is 110 cm³/mol. The summed E-state index contributed by atoms with van der Waals surface area (Å²) in [5.74, 6) is -1.54. The fourth-order valence-corrected chi connectivity index (χ4v) is 2.93. The zero-order valence-electron chi connectivity index (χ0n) is 16.2. The van der Waals surface area contributed by atoms with Crippen LogP contribution in [0.15, 0.2) is 72.8 Å². The van der Waals surface area contributed by atoms with Crippen LogP contribution >= 0.6 is 0 Å². The van der Waals surface area contributed by atoms with Crippen LogP contribution in [0.1, 0.15) is 26.3 Å². The molecule has 0 aliphatic carbocycles. The first-order valence-corrected chi connectivity index (χ1v) is 9.11. The van der Waals surface area contributed by atoms with Gasteiger partial charge in [0.2, 0.25) is 5.91 Å². The van der Waals surface area contributed by atoms with Crippen molar-refractivity contribution >= 4 is 29.2 Å². The smallest absolute Gasteiger partial charge is 0.255 e. The van der Waals surface area contributed by atoms with E-state index in [0.29, 0.717) is 11.4 Å². The Morgan fingerprint density at radius 2 is 1.63 bits per heavy atom. The Kier molecular flexibility index (Phi) is 6.44. The zero-order chi connectivity index (χ0) is 21.5. The van der Waals surface area contributed by atoms with Crippen molar-refractivity contribution in [3.63, 3.8) is 0 Å². The lowest BCUT2D eigenvalue weighted by Gasteiger charge is -2.12. The van der Waals surface area contributed by atoms with Gasteiger partial charge in [-0.25, -0.2) is 0 Å². The van der Waals surface area contributed by atoms with Crippen LogP contribution < -0.4 is 20.5 Å². The maximum atomic E-state index is 12.5. The minimum absolute atomic E-state index is 0.111. The molecule has 2 amide bonds. The molecule has 0 unspecified atom stereocenters. The number of amides is 2. The molecule has 0 saturated heterocycles. The van der Waals surface area contributed by atoms with Gasteiger partial charge in [-0.2, -0.15) is 0 Å². The van der Waals surface area contributed by atoms with Gasteiger partial charge in [0, 0.05) is 22.4 Å². The SMILES string of the molecule is COc1ccccc1CC(=O)Nc1cccc(C(=O)Nc2ccccc2C(=O)[O-])c1. The molecular formula is C23H19N2O5-. The monoisotopic (exact) mass is 403 g/mol. The first-order valence-electron chi connectivity index (χ1n) is 9.11. The number of anilines is 2. The predicted octanol–water partition coefficient (Wildman–Crippen LogP) is 2.49. The number of hydrogen-bond donors (Lipinski definition) is 2. The van der Waals surface area contributed by atoms with Gasteiger partial charge in [0.05, 0.1) is 25.2 Å².